The van der Waals surface area contributed by atoms with Gasteiger partial charge in [-0.15, -0.1) is 0 Å². The van der Waals surface area contributed by atoms with Crippen molar-refractivity contribution >= 4 is 5.91 Å². The first kappa shape index (κ1) is 12.7. The van der Waals surface area contributed by atoms with Gasteiger partial charge in [-0.05, 0) is 6.92 Å². The number of carbonyl (C=O) groups is 1. The molecule has 0 aliphatic heterocycles. The van der Waals surface area contributed by atoms with Crippen molar-refractivity contribution in [2.45, 2.75) is 12.7 Å². The van der Waals surface area contributed by atoms with Crippen molar-refractivity contribution in [3.63, 3.8) is 0 Å². The quantitative estimate of drug-likeness (QED) is 0.765. The van der Waals surface area contributed by atoms with E-state index in [4.69, 9.17) is 9.47 Å². The Kier molecular flexibility index (Phi) is 4.46. The molecule has 0 spiro atoms. The van der Waals surface area contributed by atoms with Crippen LogP contribution < -0.4 is 5.32 Å². The van der Waals surface area contributed by atoms with Crippen molar-refractivity contribution in [2.24, 2.45) is 0 Å². The third-order valence-electron chi connectivity index (χ3n) is 2.37. The van der Waals surface area contributed by atoms with Gasteiger partial charge in [-0.2, -0.15) is 0 Å². The van der Waals surface area contributed by atoms with Crippen molar-refractivity contribution in [3.8, 4) is 0 Å². The molecule has 0 saturated carbocycles. The van der Waals surface area contributed by atoms with Crippen LogP contribution in [0.3, 0.4) is 0 Å². The fraction of sp³-hybridized carbons (Fsp3) is 0.417. The van der Waals surface area contributed by atoms with Crippen LogP contribution in [0.4, 0.5) is 0 Å². The SMILES string of the molecule is CCNC(=O)C(OC)(OC)c1ccccc1. The Morgan fingerprint density at radius 2 is 1.81 bits per heavy atom. The molecular formula is C12H17NO3. The van der Waals surface area contributed by atoms with E-state index in [0.29, 0.717) is 12.1 Å². The molecule has 0 aliphatic rings. The third-order valence-corrected chi connectivity index (χ3v) is 2.37. The second-order valence-electron chi connectivity index (χ2n) is 3.25. The van der Waals surface area contributed by atoms with Crippen LogP contribution in [-0.4, -0.2) is 26.7 Å². The van der Waals surface area contributed by atoms with Gasteiger partial charge in [0.25, 0.3) is 11.7 Å². The summed E-state index contributed by atoms with van der Waals surface area (Å²) in [4.78, 5) is 12.0. The number of methoxy groups -OCH3 is 2. The smallest absolute Gasteiger partial charge is 0.285 e. The fourth-order valence-electron chi connectivity index (χ4n) is 1.57. The van der Waals surface area contributed by atoms with Crippen LogP contribution >= 0.6 is 0 Å². The molecule has 1 N–H and O–H groups in total. The highest BCUT2D eigenvalue weighted by atomic mass is 16.7. The van der Waals surface area contributed by atoms with Gasteiger partial charge in [0.15, 0.2) is 0 Å². The molecule has 1 rings (SSSR count). The zero-order valence-electron chi connectivity index (χ0n) is 9.82. The van der Waals surface area contributed by atoms with Crippen molar-refractivity contribution < 1.29 is 14.3 Å². The molecule has 0 aliphatic carbocycles. The summed E-state index contributed by atoms with van der Waals surface area (Å²) < 4.78 is 10.5. The van der Waals surface area contributed by atoms with Crippen LogP contribution in [-0.2, 0) is 20.1 Å². The van der Waals surface area contributed by atoms with Gasteiger partial charge in [0.1, 0.15) is 0 Å². The van der Waals surface area contributed by atoms with Gasteiger partial charge in [0.2, 0.25) is 0 Å². The molecule has 0 bridgehead atoms. The van der Waals surface area contributed by atoms with Gasteiger partial charge in [-0.3, -0.25) is 4.79 Å². The summed E-state index contributed by atoms with van der Waals surface area (Å²) >= 11 is 0. The van der Waals surface area contributed by atoms with E-state index in [1.807, 2.05) is 25.1 Å². The Labute approximate surface area is 95.6 Å². The third kappa shape index (κ3) is 2.23. The van der Waals surface area contributed by atoms with E-state index in [9.17, 15) is 4.79 Å². The minimum absolute atomic E-state index is 0.300. The summed E-state index contributed by atoms with van der Waals surface area (Å²) in [5.74, 6) is -1.66. The maximum absolute atomic E-state index is 12.0. The number of carbonyl (C=O) groups excluding carboxylic acids is 1. The first-order chi connectivity index (χ1) is 7.71. The second-order valence-corrected chi connectivity index (χ2v) is 3.25. The number of ether oxygens (including phenoxy) is 2. The zero-order chi connectivity index (χ0) is 12.0. The summed E-state index contributed by atoms with van der Waals surface area (Å²) in [6.07, 6.45) is 0. The molecular weight excluding hydrogens is 206 g/mol. The second kappa shape index (κ2) is 5.63. The minimum atomic E-state index is -1.36. The van der Waals surface area contributed by atoms with Crippen LogP contribution in [0.5, 0.6) is 0 Å². The Bertz CT molecular complexity index is 333. The van der Waals surface area contributed by atoms with E-state index < -0.39 is 5.79 Å². The number of nitrogens with one attached hydrogen (secondary N) is 1. The van der Waals surface area contributed by atoms with Crippen molar-refractivity contribution in [1.29, 1.82) is 0 Å². The van der Waals surface area contributed by atoms with Crippen LogP contribution in [0, 0.1) is 0 Å². The Morgan fingerprint density at radius 1 is 1.25 bits per heavy atom. The maximum Gasteiger partial charge on any atom is 0.285 e. The predicted octanol–water partition coefficient (Wildman–Crippen LogP) is 1.27. The first-order valence-electron chi connectivity index (χ1n) is 5.15. The summed E-state index contributed by atoms with van der Waals surface area (Å²) in [6.45, 7) is 2.37. The lowest BCUT2D eigenvalue weighted by molar-refractivity contribution is -0.215. The van der Waals surface area contributed by atoms with Gasteiger partial charge in [-0.1, -0.05) is 30.3 Å². The van der Waals surface area contributed by atoms with Crippen molar-refractivity contribution in [1.82, 2.24) is 5.32 Å². The molecule has 0 saturated heterocycles. The highest BCUT2D eigenvalue weighted by Gasteiger charge is 2.40. The average Bonchev–Trinajstić information content (AvgIpc) is 2.33. The fourth-order valence-corrected chi connectivity index (χ4v) is 1.57. The summed E-state index contributed by atoms with van der Waals surface area (Å²) in [5, 5.41) is 2.70. The summed E-state index contributed by atoms with van der Waals surface area (Å²) in [7, 11) is 2.90. The van der Waals surface area contributed by atoms with E-state index in [0.717, 1.165) is 0 Å². The number of benzene rings is 1. The molecule has 0 aromatic heterocycles. The van der Waals surface area contributed by atoms with Gasteiger partial charge in [0.05, 0.1) is 0 Å². The summed E-state index contributed by atoms with van der Waals surface area (Å²) in [6, 6.07) is 9.13. The molecule has 1 amide bonds. The standard InChI is InChI=1S/C12H17NO3/c1-4-13-11(14)12(15-2,16-3)10-8-6-5-7-9-10/h5-9H,4H2,1-3H3,(H,13,14). The number of hydrogen-bond donors (Lipinski definition) is 1. The molecule has 0 unspecified atom stereocenters. The first-order valence-corrected chi connectivity index (χ1v) is 5.15. The minimum Gasteiger partial charge on any atom is -0.351 e. The van der Waals surface area contributed by atoms with Gasteiger partial charge in [0, 0.05) is 26.3 Å². The molecule has 16 heavy (non-hydrogen) atoms. The Balaban J connectivity index is 3.10. The largest absolute Gasteiger partial charge is 0.351 e. The average molecular weight is 223 g/mol. The van der Waals surface area contributed by atoms with Crippen molar-refractivity contribution in [3.05, 3.63) is 35.9 Å². The Hall–Kier alpha value is -1.39. The molecule has 4 nitrogen and oxygen atoms in total. The number of hydrogen-bond acceptors (Lipinski definition) is 3. The highest BCUT2D eigenvalue weighted by Crippen LogP contribution is 2.26. The molecule has 0 atom stereocenters. The van der Waals surface area contributed by atoms with Crippen LogP contribution in [0.15, 0.2) is 30.3 Å². The number of amides is 1. The molecule has 0 heterocycles. The van der Waals surface area contributed by atoms with Gasteiger partial charge < -0.3 is 14.8 Å². The van der Waals surface area contributed by atoms with Gasteiger partial charge >= 0.3 is 0 Å². The van der Waals surface area contributed by atoms with E-state index >= 15 is 0 Å². The maximum atomic E-state index is 12.0. The molecule has 4 heteroatoms. The van der Waals surface area contributed by atoms with Gasteiger partial charge in [-0.25, -0.2) is 0 Å². The Morgan fingerprint density at radius 3 is 2.25 bits per heavy atom. The van der Waals surface area contributed by atoms with E-state index in [1.165, 1.54) is 14.2 Å². The van der Waals surface area contributed by atoms with E-state index in [2.05, 4.69) is 5.32 Å². The molecule has 88 valence electrons. The molecule has 1 aromatic carbocycles. The molecule has 1 aromatic rings. The lowest BCUT2D eigenvalue weighted by atomic mass is 10.0. The van der Waals surface area contributed by atoms with Crippen LogP contribution in [0.1, 0.15) is 12.5 Å². The normalized spacial score (nSPS) is 11.2. The molecule has 0 fully saturated rings. The van der Waals surface area contributed by atoms with Crippen molar-refractivity contribution in [2.75, 3.05) is 20.8 Å². The monoisotopic (exact) mass is 223 g/mol. The topological polar surface area (TPSA) is 47.6 Å². The molecule has 0 radical (unpaired) electrons. The zero-order valence-corrected chi connectivity index (χ0v) is 9.82. The summed E-state index contributed by atoms with van der Waals surface area (Å²) in [5.41, 5.74) is 0.672. The number of rotatable bonds is 5. The number of likely N-dealkylation sites (N-methyl/N-ethyl adjacent to an activating group) is 1. The van der Waals surface area contributed by atoms with E-state index in [1.54, 1.807) is 12.1 Å². The lowest BCUT2D eigenvalue weighted by Gasteiger charge is -2.29. The van der Waals surface area contributed by atoms with E-state index in [-0.39, 0.29) is 5.91 Å². The highest BCUT2D eigenvalue weighted by molar-refractivity contribution is 5.85. The van der Waals surface area contributed by atoms with Crippen LogP contribution in [0.25, 0.3) is 0 Å². The predicted molar refractivity (Wildman–Crippen MR) is 60.8 cm³/mol. The lowest BCUT2D eigenvalue weighted by Crippen LogP contribution is -2.47. The van der Waals surface area contributed by atoms with Crippen LogP contribution in [0.2, 0.25) is 0 Å².